The number of nitrogens with one attached hydrogen (secondary N) is 1. The molecule has 2 heterocycles. The topological polar surface area (TPSA) is 41.1 Å². The number of fused-ring (bicyclic) bond motifs is 1. The molecule has 1 N–H and O–H groups in total. The van der Waals surface area contributed by atoms with Gasteiger partial charge in [-0.3, -0.25) is 4.98 Å². The van der Waals surface area contributed by atoms with Crippen molar-refractivity contribution in [2.45, 2.75) is 13.0 Å². The molecule has 1 atom stereocenters. The Morgan fingerprint density at radius 2 is 2.12 bits per heavy atom. The third-order valence-corrected chi connectivity index (χ3v) is 3.13. The average molecular weight is 228 g/mol. The fourth-order valence-corrected chi connectivity index (χ4v) is 2.24. The van der Waals surface area contributed by atoms with E-state index >= 15 is 0 Å². The van der Waals surface area contributed by atoms with Crippen molar-refractivity contribution >= 4 is 16.9 Å². The van der Waals surface area contributed by atoms with Crippen LogP contribution >= 0.6 is 0 Å². The summed E-state index contributed by atoms with van der Waals surface area (Å²) in [6.45, 7) is 5.20. The summed E-state index contributed by atoms with van der Waals surface area (Å²) in [6.07, 6.45) is 1.88. The fraction of sp³-hybridized carbons (Fsp3) is 0.385. The van der Waals surface area contributed by atoms with Gasteiger partial charge in [0, 0.05) is 25.7 Å². The summed E-state index contributed by atoms with van der Waals surface area (Å²) >= 11 is 0. The minimum atomic E-state index is 0.511. The van der Waals surface area contributed by atoms with E-state index in [1.165, 1.54) is 0 Å². The summed E-state index contributed by atoms with van der Waals surface area (Å²) in [4.78, 5) is 11.4. The van der Waals surface area contributed by atoms with Gasteiger partial charge in [0.2, 0.25) is 0 Å². The van der Waals surface area contributed by atoms with E-state index in [9.17, 15) is 0 Å². The van der Waals surface area contributed by atoms with E-state index in [4.69, 9.17) is 0 Å². The highest BCUT2D eigenvalue weighted by Gasteiger charge is 2.17. The first kappa shape index (κ1) is 10.5. The second-order valence-electron chi connectivity index (χ2n) is 4.52. The molecule has 0 bridgehead atoms. The number of nitrogens with zero attached hydrogens (tertiary/aromatic N) is 3. The molecule has 1 aromatic carbocycles. The first-order valence-electron chi connectivity index (χ1n) is 6.03. The van der Waals surface area contributed by atoms with Crippen LogP contribution in [0.4, 0.5) is 5.82 Å². The van der Waals surface area contributed by atoms with Crippen LogP contribution in [0.5, 0.6) is 0 Å². The predicted molar refractivity (Wildman–Crippen MR) is 69.2 cm³/mol. The van der Waals surface area contributed by atoms with E-state index in [2.05, 4.69) is 27.1 Å². The van der Waals surface area contributed by atoms with Crippen LogP contribution in [0, 0.1) is 0 Å². The molecule has 0 saturated carbocycles. The van der Waals surface area contributed by atoms with E-state index in [1.807, 2.05) is 30.5 Å². The van der Waals surface area contributed by atoms with Gasteiger partial charge in [-0.05, 0) is 19.1 Å². The molecular formula is C13H16N4. The van der Waals surface area contributed by atoms with Crippen LogP contribution in [0.25, 0.3) is 11.0 Å². The molecule has 0 amide bonds. The van der Waals surface area contributed by atoms with Crippen molar-refractivity contribution < 1.29 is 0 Å². The largest absolute Gasteiger partial charge is 0.352 e. The Hall–Kier alpha value is -1.68. The Labute approximate surface area is 101 Å². The molecular weight excluding hydrogens is 212 g/mol. The zero-order valence-corrected chi connectivity index (χ0v) is 9.93. The van der Waals surface area contributed by atoms with Crippen LogP contribution in [0.3, 0.4) is 0 Å². The van der Waals surface area contributed by atoms with Gasteiger partial charge in [0.25, 0.3) is 0 Å². The number of aromatic nitrogens is 2. The highest BCUT2D eigenvalue weighted by atomic mass is 15.2. The molecule has 4 heteroatoms. The standard InChI is InChI=1S/C13H16N4/c1-10-9-17(7-6-14-10)13-8-15-11-4-2-3-5-12(11)16-13/h2-5,8,10,14H,6-7,9H2,1H3. The smallest absolute Gasteiger partial charge is 0.147 e. The van der Waals surface area contributed by atoms with Gasteiger partial charge in [0.1, 0.15) is 5.82 Å². The molecule has 4 nitrogen and oxygen atoms in total. The Balaban J connectivity index is 1.94. The summed E-state index contributed by atoms with van der Waals surface area (Å²) in [7, 11) is 0. The molecule has 0 spiro atoms. The van der Waals surface area contributed by atoms with Crippen molar-refractivity contribution in [3.8, 4) is 0 Å². The van der Waals surface area contributed by atoms with Gasteiger partial charge in [-0.15, -0.1) is 0 Å². The highest BCUT2D eigenvalue weighted by molar-refractivity contribution is 5.75. The third kappa shape index (κ3) is 2.08. The average Bonchev–Trinajstić information content (AvgIpc) is 2.38. The molecule has 2 aromatic rings. The van der Waals surface area contributed by atoms with Gasteiger partial charge in [0.05, 0.1) is 17.2 Å². The van der Waals surface area contributed by atoms with Crippen LogP contribution in [0.1, 0.15) is 6.92 Å². The lowest BCUT2D eigenvalue weighted by molar-refractivity contribution is 0.482. The summed E-state index contributed by atoms with van der Waals surface area (Å²) in [5.74, 6) is 0.983. The van der Waals surface area contributed by atoms with Gasteiger partial charge in [-0.1, -0.05) is 12.1 Å². The van der Waals surface area contributed by atoms with Gasteiger partial charge >= 0.3 is 0 Å². The number of para-hydroxylation sites is 2. The quantitative estimate of drug-likeness (QED) is 0.801. The van der Waals surface area contributed by atoms with Gasteiger partial charge < -0.3 is 10.2 Å². The van der Waals surface area contributed by atoms with Crippen molar-refractivity contribution in [3.05, 3.63) is 30.5 Å². The van der Waals surface area contributed by atoms with Crippen LogP contribution in [-0.4, -0.2) is 35.6 Å². The Bertz CT molecular complexity index is 526. The lowest BCUT2D eigenvalue weighted by Crippen LogP contribution is -2.49. The molecule has 1 fully saturated rings. The van der Waals surface area contributed by atoms with Gasteiger partial charge in [0.15, 0.2) is 0 Å². The summed E-state index contributed by atoms with van der Waals surface area (Å²) in [5, 5.41) is 3.43. The van der Waals surface area contributed by atoms with Crippen molar-refractivity contribution in [3.63, 3.8) is 0 Å². The summed E-state index contributed by atoms with van der Waals surface area (Å²) in [6, 6.07) is 8.51. The van der Waals surface area contributed by atoms with Gasteiger partial charge in [-0.2, -0.15) is 0 Å². The molecule has 17 heavy (non-hydrogen) atoms. The maximum Gasteiger partial charge on any atom is 0.147 e. The highest BCUT2D eigenvalue weighted by Crippen LogP contribution is 2.16. The van der Waals surface area contributed by atoms with Gasteiger partial charge in [-0.25, -0.2) is 4.98 Å². The molecule has 3 rings (SSSR count). The molecule has 1 unspecified atom stereocenters. The lowest BCUT2D eigenvalue weighted by Gasteiger charge is -2.32. The van der Waals surface area contributed by atoms with Crippen LogP contribution in [0.2, 0.25) is 0 Å². The molecule has 1 aliphatic heterocycles. The monoisotopic (exact) mass is 228 g/mol. The number of benzene rings is 1. The zero-order chi connectivity index (χ0) is 11.7. The first-order chi connectivity index (χ1) is 8.33. The third-order valence-electron chi connectivity index (χ3n) is 3.13. The Kier molecular flexibility index (Phi) is 2.65. The van der Waals surface area contributed by atoms with Crippen molar-refractivity contribution in [2.75, 3.05) is 24.5 Å². The molecule has 0 radical (unpaired) electrons. The Morgan fingerprint density at radius 3 is 2.94 bits per heavy atom. The minimum Gasteiger partial charge on any atom is -0.352 e. The molecule has 1 aliphatic rings. The number of rotatable bonds is 1. The zero-order valence-electron chi connectivity index (χ0n) is 9.93. The maximum atomic E-state index is 4.67. The van der Waals surface area contributed by atoms with Crippen molar-refractivity contribution in [1.29, 1.82) is 0 Å². The fourth-order valence-electron chi connectivity index (χ4n) is 2.24. The summed E-state index contributed by atoms with van der Waals surface area (Å²) < 4.78 is 0. The Morgan fingerprint density at radius 1 is 1.29 bits per heavy atom. The number of hydrogen-bond donors (Lipinski definition) is 1. The number of anilines is 1. The molecule has 1 aromatic heterocycles. The van der Waals surface area contributed by atoms with E-state index in [1.54, 1.807) is 0 Å². The molecule has 88 valence electrons. The maximum absolute atomic E-state index is 4.67. The predicted octanol–water partition coefficient (Wildman–Crippen LogP) is 1.43. The number of piperazine rings is 1. The normalized spacial score (nSPS) is 20.8. The second kappa shape index (κ2) is 4.30. The van der Waals surface area contributed by atoms with Crippen LogP contribution in [-0.2, 0) is 0 Å². The van der Waals surface area contributed by atoms with E-state index in [0.717, 1.165) is 36.5 Å². The minimum absolute atomic E-state index is 0.511. The lowest BCUT2D eigenvalue weighted by atomic mass is 10.2. The van der Waals surface area contributed by atoms with E-state index in [0.29, 0.717) is 6.04 Å². The SMILES string of the molecule is CC1CN(c2cnc3ccccc3n2)CCN1. The molecule has 1 saturated heterocycles. The second-order valence-corrected chi connectivity index (χ2v) is 4.52. The first-order valence-corrected chi connectivity index (χ1v) is 6.03. The number of hydrogen-bond acceptors (Lipinski definition) is 4. The van der Waals surface area contributed by atoms with E-state index < -0.39 is 0 Å². The molecule has 0 aliphatic carbocycles. The van der Waals surface area contributed by atoms with Crippen LogP contribution in [0.15, 0.2) is 30.5 Å². The van der Waals surface area contributed by atoms with Crippen molar-refractivity contribution in [1.82, 2.24) is 15.3 Å². The summed E-state index contributed by atoms with van der Waals surface area (Å²) in [5.41, 5.74) is 1.93. The van der Waals surface area contributed by atoms with Crippen LogP contribution < -0.4 is 10.2 Å². The van der Waals surface area contributed by atoms with Crippen molar-refractivity contribution in [2.24, 2.45) is 0 Å². The van der Waals surface area contributed by atoms with E-state index in [-0.39, 0.29) is 0 Å².